The van der Waals surface area contributed by atoms with Crippen molar-refractivity contribution in [3.05, 3.63) is 46.9 Å². The summed E-state index contributed by atoms with van der Waals surface area (Å²) in [4.78, 5) is 8.48. The normalized spacial score (nSPS) is 9.89. The fraction of sp³-hybridized carbons (Fsp3) is 0.214. The summed E-state index contributed by atoms with van der Waals surface area (Å²) in [5.41, 5.74) is 4.27. The molecule has 2 rings (SSSR count). The number of hydrogen-bond donors (Lipinski definition) is 1. The molecule has 0 radical (unpaired) electrons. The highest BCUT2D eigenvalue weighted by Crippen LogP contribution is 2.21. The lowest BCUT2D eigenvalue weighted by Gasteiger charge is -2.10. The van der Waals surface area contributed by atoms with Gasteiger partial charge < -0.3 is 5.32 Å². The van der Waals surface area contributed by atoms with E-state index in [1.54, 1.807) is 12.4 Å². The molecule has 2 aromatic rings. The number of pyridine rings is 2. The molecule has 4 heteroatoms. The first kappa shape index (κ1) is 12.1. The Morgan fingerprint density at radius 2 is 1.94 bits per heavy atom. The molecule has 0 saturated heterocycles. The van der Waals surface area contributed by atoms with Gasteiger partial charge in [-0.2, -0.15) is 5.26 Å². The third-order valence-electron chi connectivity index (χ3n) is 2.59. The summed E-state index contributed by atoms with van der Waals surface area (Å²) in [7, 11) is 0. The van der Waals surface area contributed by atoms with E-state index < -0.39 is 0 Å². The van der Waals surface area contributed by atoms with Crippen LogP contribution in [0.2, 0.25) is 0 Å². The SMILES string of the molecule is Cc1cncc(Nc2nc(C)cc(C)c2C#N)c1. The van der Waals surface area contributed by atoms with Gasteiger partial charge >= 0.3 is 0 Å². The van der Waals surface area contributed by atoms with Gasteiger partial charge in [0, 0.05) is 11.9 Å². The van der Waals surface area contributed by atoms with E-state index >= 15 is 0 Å². The molecule has 0 atom stereocenters. The molecule has 0 spiro atoms. The predicted octanol–water partition coefficient (Wildman–Crippen LogP) is 3.02. The molecule has 2 heterocycles. The Bertz CT molecular complexity index is 626. The van der Waals surface area contributed by atoms with Crippen molar-refractivity contribution >= 4 is 11.5 Å². The maximum atomic E-state index is 9.18. The van der Waals surface area contributed by atoms with Crippen molar-refractivity contribution < 1.29 is 0 Å². The number of anilines is 2. The number of aromatic nitrogens is 2. The van der Waals surface area contributed by atoms with Gasteiger partial charge in [0.15, 0.2) is 0 Å². The maximum absolute atomic E-state index is 9.18. The third kappa shape index (κ3) is 2.46. The first-order valence-electron chi connectivity index (χ1n) is 5.67. The van der Waals surface area contributed by atoms with Crippen molar-refractivity contribution in [1.29, 1.82) is 5.26 Å². The summed E-state index contributed by atoms with van der Waals surface area (Å²) in [5, 5.41) is 12.3. The molecule has 0 aliphatic heterocycles. The molecule has 1 N–H and O–H groups in total. The largest absolute Gasteiger partial charge is 0.338 e. The Morgan fingerprint density at radius 3 is 2.61 bits per heavy atom. The molecular formula is C14H14N4. The number of hydrogen-bond acceptors (Lipinski definition) is 4. The Kier molecular flexibility index (Phi) is 3.24. The van der Waals surface area contributed by atoms with Gasteiger partial charge in [-0.05, 0) is 44.0 Å². The van der Waals surface area contributed by atoms with Crippen molar-refractivity contribution in [1.82, 2.24) is 9.97 Å². The van der Waals surface area contributed by atoms with Crippen LogP contribution < -0.4 is 5.32 Å². The van der Waals surface area contributed by atoms with Crippen molar-refractivity contribution in [2.24, 2.45) is 0 Å². The van der Waals surface area contributed by atoms with Gasteiger partial charge in [-0.1, -0.05) is 0 Å². The number of nitrogens with zero attached hydrogens (tertiary/aromatic N) is 3. The van der Waals surface area contributed by atoms with E-state index in [1.807, 2.05) is 32.9 Å². The molecule has 0 bridgehead atoms. The number of aryl methyl sites for hydroxylation is 3. The minimum absolute atomic E-state index is 0.571. The molecule has 0 saturated carbocycles. The summed E-state index contributed by atoms with van der Waals surface area (Å²) < 4.78 is 0. The van der Waals surface area contributed by atoms with Gasteiger partial charge in [-0.15, -0.1) is 0 Å². The molecule has 0 amide bonds. The van der Waals surface area contributed by atoms with Crippen LogP contribution in [-0.2, 0) is 0 Å². The number of nitrogens with one attached hydrogen (secondary N) is 1. The molecule has 0 unspecified atom stereocenters. The van der Waals surface area contributed by atoms with Crippen LogP contribution in [0.5, 0.6) is 0 Å². The van der Waals surface area contributed by atoms with Gasteiger partial charge in [0.2, 0.25) is 0 Å². The molecule has 0 aromatic carbocycles. The molecule has 0 aliphatic carbocycles. The summed E-state index contributed by atoms with van der Waals surface area (Å²) in [6.45, 7) is 5.79. The second-order valence-electron chi connectivity index (χ2n) is 4.29. The lowest BCUT2D eigenvalue weighted by atomic mass is 10.1. The summed E-state index contributed by atoms with van der Waals surface area (Å²) in [6, 6.07) is 6.05. The van der Waals surface area contributed by atoms with Crippen molar-refractivity contribution in [3.63, 3.8) is 0 Å². The topological polar surface area (TPSA) is 61.6 Å². The van der Waals surface area contributed by atoms with E-state index in [0.717, 1.165) is 22.5 Å². The van der Waals surface area contributed by atoms with Crippen molar-refractivity contribution in [2.75, 3.05) is 5.32 Å². The van der Waals surface area contributed by atoms with Crippen LogP contribution >= 0.6 is 0 Å². The van der Waals surface area contributed by atoms with Crippen LogP contribution in [0.4, 0.5) is 11.5 Å². The highest BCUT2D eigenvalue weighted by Gasteiger charge is 2.08. The Labute approximate surface area is 106 Å². The van der Waals surface area contributed by atoms with Gasteiger partial charge in [-0.25, -0.2) is 4.98 Å². The van der Waals surface area contributed by atoms with E-state index in [9.17, 15) is 5.26 Å². The lowest BCUT2D eigenvalue weighted by molar-refractivity contribution is 1.15. The van der Waals surface area contributed by atoms with Gasteiger partial charge in [0.05, 0.1) is 17.4 Å². The third-order valence-corrected chi connectivity index (χ3v) is 2.59. The first-order chi connectivity index (χ1) is 8.60. The van der Waals surface area contributed by atoms with E-state index in [2.05, 4.69) is 21.4 Å². The first-order valence-corrected chi connectivity index (χ1v) is 5.67. The van der Waals surface area contributed by atoms with E-state index in [1.165, 1.54) is 0 Å². The standard InChI is InChI=1S/C14H14N4/c1-9-4-12(8-16-7-9)18-14-13(6-15)10(2)5-11(3)17-14/h4-5,7-8H,1-3H3,(H,17,18). The maximum Gasteiger partial charge on any atom is 0.148 e. The summed E-state index contributed by atoms with van der Waals surface area (Å²) >= 11 is 0. The zero-order valence-corrected chi connectivity index (χ0v) is 10.7. The van der Waals surface area contributed by atoms with E-state index in [-0.39, 0.29) is 0 Å². The van der Waals surface area contributed by atoms with Crippen LogP contribution in [0, 0.1) is 32.1 Å². The van der Waals surface area contributed by atoms with Gasteiger partial charge in [-0.3, -0.25) is 4.98 Å². The fourth-order valence-corrected chi connectivity index (χ4v) is 1.83. The molecule has 0 fully saturated rings. The van der Waals surface area contributed by atoms with Gasteiger partial charge in [0.25, 0.3) is 0 Å². The summed E-state index contributed by atoms with van der Waals surface area (Å²) in [6.07, 6.45) is 3.50. The Hall–Kier alpha value is -2.41. The predicted molar refractivity (Wildman–Crippen MR) is 70.7 cm³/mol. The van der Waals surface area contributed by atoms with Crippen LogP contribution in [0.3, 0.4) is 0 Å². The minimum atomic E-state index is 0.571. The molecular weight excluding hydrogens is 224 g/mol. The quantitative estimate of drug-likeness (QED) is 0.873. The molecule has 2 aromatic heterocycles. The second-order valence-corrected chi connectivity index (χ2v) is 4.29. The lowest BCUT2D eigenvalue weighted by Crippen LogP contribution is -2.01. The van der Waals surface area contributed by atoms with E-state index in [0.29, 0.717) is 11.4 Å². The Morgan fingerprint density at radius 1 is 1.17 bits per heavy atom. The van der Waals surface area contributed by atoms with Gasteiger partial charge in [0.1, 0.15) is 11.9 Å². The van der Waals surface area contributed by atoms with Crippen LogP contribution in [0.25, 0.3) is 0 Å². The monoisotopic (exact) mass is 238 g/mol. The number of nitriles is 1. The zero-order chi connectivity index (χ0) is 13.1. The van der Waals surface area contributed by atoms with Crippen molar-refractivity contribution in [2.45, 2.75) is 20.8 Å². The molecule has 90 valence electrons. The molecule has 18 heavy (non-hydrogen) atoms. The zero-order valence-electron chi connectivity index (χ0n) is 10.7. The highest BCUT2D eigenvalue weighted by molar-refractivity contribution is 5.64. The molecule has 4 nitrogen and oxygen atoms in total. The summed E-state index contributed by atoms with van der Waals surface area (Å²) in [5.74, 6) is 0.586. The average molecular weight is 238 g/mol. The molecule has 0 aliphatic rings. The van der Waals surface area contributed by atoms with Crippen molar-refractivity contribution in [3.8, 4) is 6.07 Å². The average Bonchev–Trinajstić information content (AvgIpc) is 2.28. The van der Waals surface area contributed by atoms with Crippen LogP contribution in [0.15, 0.2) is 24.5 Å². The fourth-order valence-electron chi connectivity index (χ4n) is 1.83. The van der Waals surface area contributed by atoms with Crippen LogP contribution in [-0.4, -0.2) is 9.97 Å². The second kappa shape index (κ2) is 4.84. The Balaban J connectivity index is 2.43. The van der Waals surface area contributed by atoms with E-state index in [4.69, 9.17) is 0 Å². The van der Waals surface area contributed by atoms with Crippen LogP contribution in [0.1, 0.15) is 22.4 Å². The minimum Gasteiger partial charge on any atom is -0.338 e. The smallest absolute Gasteiger partial charge is 0.148 e. The highest BCUT2D eigenvalue weighted by atomic mass is 15.0. The number of rotatable bonds is 2.